The van der Waals surface area contributed by atoms with Crippen LogP contribution in [0.4, 0.5) is 4.79 Å². The molecule has 12 nitrogen and oxygen atoms in total. The minimum absolute atomic E-state index is 0.0413. The quantitative estimate of drug-likeness (QED) is 0.367. The van der Waals surface area contributed by atoms with E-state index in [1.165, 1.54) is 71.0 Å². The van der Waals surface area contributed by atoms with Gasteiger partial charge in [0.15, 0.2) is 9.84 Å². The second kappa shape index (κ2) is 10.4. The zero-order valence-corrected chi connectivity index (χ0v) is 23.7. The van der Waals surface area contributed by atoms with Crippen molar-refractivity contribution in [3.63, 3.8) is 0 Å². The number of amides is 3. The van der Waals surface area contributed by atoms with E-state index in [4.69, 9.17) is 9.57 Å². The number of sulfone groups is 1. The highest BCUT2D eigenvalue weighted by atomic mass is 32.2. The lowest BCUT2D eigenvalue weighted by Crippen LogP contribution is -2.52. The van der Waals surface area contributed by atoms with Crippen molar-refractivity contribution in [2.24, 2.45) is 5.92 Å². The number of rotatable bonds is 6. The molecule has 1 atom stereocenters. The first-order chi connectivity index (χ1) is 17.9. The summed E-state index contributed by atoms with van der Waals surface area (Å²) < 4.78 is 56.6. The summed E-state index contributed by atoms with van der Waals surface area (Å²) in [5.41, 5.74) is -1.17. The average Bonchev–Trinajstić information content (AvgIpc) is 3.06. The average molecular weight is 581 g/mol. The van der Waals surface area contributed by atoms with Gasteiger partial charge in [0.25, 0.3) is 11.8 Å². The third-order valence-corrected chi connectivity index (χ3v) is 8.29. The molecule has 14 heteroatoms. The van der Waals surface area contributed by atoms with Gasteiger partial charge in [-0.05, 0) is 55.4 Å². The van der Waals surface area contributed by atoms with Gasteiger partial charge in [-0.2, -0.15) is 8.42 Å². The second-order valence-corrected chi connectivity index (χ2v) is 13.8. The van der Waals surface area contributed by atoms with E-state index < -0.39 is 71.1 Å². The smallest absolute Gasteiger partial charge is 0.441 e. The Balaban J connectivity index is 2.10. The number of hydrogen-bond donors (Lipinski definition) is 0. The Hall–Kier alpha value is -3.78. The maximum atomic E-state index is 13.6. The zero-order valence-electron chi connectivity index (χ0n) is 22.1. The molecule has 39 heavy (non-hydrogen) atoms. The largest absolute Gasteiger partial charge is 0.459 e. The summed E-state index contributed by atoms with van der Waals surface area (Å²) in [6.45, 7) is 7.26. The number of benzene rings is 2. The van der Waals surface area contributed by atoms with Crippen molar-refractivity contribution in [1.29, 1.82) is 0 Å². The predicted octanol–water partition coefficient (Wildman–Crippen LogP) is 2.79. The maximum absolute atomic E-state index is 13.6. The van der Waals surface area contributed by atoms with Crippen LogP contribution >= 0.6 is 0 Å². The molecule has 0 spiro atoms. The molecule has 1 aliphatic heterocycles. The van der Waals surface area contributed by atoms with Crippen LogP contribution in [-0.4, -0.2) is 68.0 Å². The van der Waals surface area contributed by atoms with Crippen LogP contribution in [0.15, 0.2) is 58.3 Å². The van der Waals surface area contributed by atoms with Gasteiger partial charge in [0.05, 0.1) is 16.0 Å². The van der Waals surface area contributed by atoms with E-state index in [1.54, 1.807) is 0 Å². The third-order valence-electron chi connectivity index (χ3n) is 5.44. The Kier molecular flexibility index (Phi) is 7.95. The molecule has 0 N–H and O–H groups in total. The fraction of sp³-hybridized carbons (Fsp3) is 0.360. The fourth-order valence-electron chi connectivity index (χ4n) is 3.81. The number of hydroxylamine groups is 1. The molecule has 3 amide bonds. The Morgan fingerprint density at radius 3 is 1.74 bits per heavy atom. The number of fused-ring (bicyclic) bond motifs is 1. The number of imide groups is 1. The maximum Gasteiger partial charge on any atom is 0.459 e. The van der Waals surface area contributed by atoms with E-state index in [0.717, 1.165) is 18.4 Å². The van der Waals surface area contributed by atoms with E-state index in [2.05, 4.69) is 0 Å². The molecular weight excluding hydrogens is 552 g/mol. The summed E-state index contributed by atoms with van der Waals surface area (Å²) in [5, 5.41) is 0. The van der Waals surface area contributed by atoms with Crippen LogP contribution in [-0.2, 0) is 34.2 Å². The van der Waals surface area contributed by atoms with Crippen molar-refractivity contribution in [2.75, 3.05) is 6.26 Å². The van der Waals surface area contributed by atoms with Crippen molar-refractivity contribution < 1.29 is 45.6 Å². The molecule has 1 heterocycles. The first-order valence-corrected chi connectivity index (χ1v) is 15.0. The first kappa shape index (κ1) is 29.8. The van der Waals surface area contributed by atoms with Crippen molar-refractivity contribution in [2.45, 2.75) is 56.1 Å². The lowest BCUT2D eigenvalue weighted by atomic mass is 10.0. The number of carbonyl (C=O) groups is 4. The van der Waals surface area contributed by atoms with Gasteiger partial charge in [-0.3, -0.25) is 14.5 Å². The van der Waals surface area contributed by atoms with Crippen LogP contribution in [0.3, 0.4) is 0 Å². The number of carbonyl (C=O) groups excluding carboxylic acids is 4. The Labute approximate surface area is 226 Å². The van der Waals surface area contributed by atoms with Gasteiger partial charge < -0.3 is 9.57 Å². The van der Waals surface area contributed by atoms with Crippen LogP contribution in [0.2, 0.25) is 0 Å². The van der Waals surface area contributed by atoms with E-state index in [0.29, 0.717) is 4.90 Å². The summed E-state index contributed by atoms with van der Waals surface area (Å²) in [6, 6.07) is 8.63. The van der Waals surface area contributed by atoms with E-state index in [-0.39, 0.29) is 15.6 Å². The summed E-state index contributed by atoms with van der Waals surface area (Å²) in [7, 11) is -9.32. The highest BCUT2D eigenvalue weighted by molar-refractivity contribution is 7.93. The van der Waals surface area contributed by atoms with Crippen LogP contribution in [0.5, 0.6) is 0 Å². The topological polar surface area (TPSA) is 161 Å². The number of sulfonamides is 1. The minimum Gasteiger partial charge on any atom is -0.441 e. The van der Waals surface area contributed by atoms with Crippen LogP contribution in [0.25, 0.3) is 0 Å². The van der Waals surface area contributed by atoms with Gasteiger partial charge in [0, 0.05) is 6.26 Å². The van der Waals surface area contributed by atoms with Gasteiger partial charge >= 0.3 is 22.1 Å². The van der Waals surface area contributed by atoms with Gasteiger partial charge in [0.2, 0.25) is 0 Å². The molecule has 0 aromatic heterocycles. The lowest BCUT2D eigenvalue weighted by Gasteiger charge is -2.30. The van der Waals surface area contributed by atoms with Crippen LogP contribution < -0.4 is 0 Å². The molecular formula is C25H28N2O10S2. The highest BCUT2D eigenvalue weighted by Crippen LogP contribution is 2.30. The normalized spacial score (nSPS) is 14.7. The molecule has 0 saturated carbocycles. The Morgan fingerprint density at radius 1 is 0.846 bits per heavy atom. The van der Waals surface area contributed by atoms with Crippen LogP contribution in [0.1, 0.15) is 55.3 Å². The molecule has 1 aliphatic rings. The summed E-state index contributed by atoms with van der Waals surface area (Å²) >= 11 is 0. The van der Waals surface area contributed by atoms with Gasteiger partial charge in [-0.1, -0.05) is 38.1 Å². The molecule has 3 rings (SSSR count). The molecule has 0 fully saturated rings. The number of hydrogen-bond acceptors (Lipinski definition) is 10. The first-order valence-electron chi connectivity index (χ1n) is 11.6. The van der Waals surface area contributed by atoms with E-state index in [9.17, 15) is 36.0 Å². The number of ether oxygens (including phenoxy) is 1. The number of nitrogens with zero attached hydrogens (tertiary/aromatic N) is 2. The summed E-state index contributed by atoms with van der Waals surface area (Å²) in [5.74, 6) is -3.84. The predicted molar refractivity (Wildman–Crippen MR) is 136 cm³/mol. The zero-order chi connectivity index (χ0) is 29.5. The molecule has 0 radical (unpaired) electrons. The molecule has 0 aliphatic carbocycles. The van der Waals surface area contributed by atoms with Crippen molar-refractivity contribution >= 4 is 43.7 Å². The van der Waals surface area contributed by atoms with E-state index >= 15 is 0 Å². The molecule has 0 unspecified atom stereocenters. The van der Waals surface area contributed by atoms with Gasteiger partial charge in [-0.25, -0.2) is 18.0 Å². The minimum atomic E-state index is -5.20. The lowest BCUT2D eigenvalue weighted by molar-refractivity contribution is -0.173. The van der Waals surface area contributed by atoms with Crippen molar-refractivity contribution in [3.05, 3.63) is 59.7 Å². The molecule has 210 valence electrons. The molecule has 0 bridgehead atoms. The standard InChI is InChI=1S/C25H28N2O10S2/c1-15(2)20(26-21(28)16-11-7-8-12-17(16)22(26)29)23(30)37-27(24(31)36-25(3,4)5)39(34,35)19-14-10-9-13-18(19)38(6,32)33/h7-15,20H,1-6H3/t20-/m0/s1. The highest BCUT2D eigenvalue weighted by Gasteiger charge is 2.47. The summed E-state index contributed by atoms with van der Waals surface area (Å²) in [6.07, 6.45) is -0.883. The van der Waals surface area contributed by atoms with E-state index in [1.807, 2.05) is 0 Å². The van der Waals surface area contributed by atoms with Gasteiger partial charge in [0.1, 0.15) is 16.5 Å². The molecule has 2 aromatic carbocycles. The van der Waals surface area contributed by atoms with Crippen LogP contribution in [0, 0.1) is 5.92 Å². The monoisotopic (exact) mass is 580 g/mol. The van der Waals surface area contributed by atoms with Gasteiger partial charge in [-0.15, -0.1) is 0 Å². The second-order valence-electron chi connectivity index (χ2n) is 10.1. The van der Waals surface area contributed by atoms with Crippen molar-refractivity contribution in [1.82, 2.24) is 9.37 Å². The molecule has 2 aromatic rings. The molecule has 0 saturated heterocycles. The summed E-state index contributed by atoms with van der Waals surface area (Å²) in [4.78, 5) is 56.8. The van der Waals surface area contributed by atoms with Crippen molar-refractivity contribution in [3.8, 4) is 0 Å². The SMILES string of the molecule is CC(C)[C@@H](C(=O)ON(C(=O)OC(C)(C)C)S(=O)(=O)c1ccccc1S(C)(=O)=O)N1C(=O)c2ccccc2C1=O. The Morgan fingerprint density at radius 2 is 1.31 bits per heavy atom. The third kappa shape index (κ3) is 5.96. The Bertz CT molecular complexity index is 1520. The fourth-order valence-corrected chi connectivity index (χ4v) is 6.50.